The van der Waals surface area contributed by atoms with Gasteiger partial charge in [0.05, 0.1) is 6.54 Å². The molecule has 0 saturated heterocycles. The van der Waals surface area contributed by atoms with Crippen molar-refractivity contribution in [3.05, 3.63) is 0 Å². The minimum Gasteiger partial charge on any atom is -0.368 e. The third-order valence-corrected chi connectivity index (χ3v) is 4.07. The number of primary amides is 1. The van der Waals surface area contributed by atoms with Crippen LogP contribution in [-0.4, -0.2) is 18.4 Å². The molecule has 3 N–H and O–H groups in total. The van der Waals surface area contributed by atoms with Crippen molar-refractivity contribution < 1.29 is 9.59 Å². The number of rotatable bonds is 3. The number of carbonyl (C=O) groups excluding carboxylic acids is 2. The van der Waals surface area contributed by atoms with Gasteiger partial charge in [0.15, 0.2) is 0 Å². The lowest BCUT2D eigenvalue weighted by Crippen LogP contribution is -2.34. The summed E-state index contributed by atoms with van der Waals surface area (Å²) in [6, 6.07) is 0. The van der Waals surface area contributed by atoms with Crippen molar-refractivity contribution in [1.82, 2.24) is 5.32 Å². The summed E-state index contributed by atoms with van der Waals surface area (Å²) in [5.74, 6) is 2.14. The quantitative estimate of drug-likeness (QED) is 0.733. The molecule has 2 aliphatic carbocycles. The topological polar surface area (TPSA) is 72.2 Å². The monoisotopic (exact) mass is 224 g/mol. The maximum absolute atomic E-state index is 11.8. The van der Waals surface area contributed by atoms with Crippen LogP contribution in [-0.2, 0) is 9.59 Å². The van der Waals surface area contributed by atoms with Gasteiger partial charge in [-0.3, -0.25) is 9.59 Å². The molecule has 90 valence electrons. The number of nitrogens with two attached hydrogens (primary N) is 1. The van der Waals surface area contributed by atoms with E-state index in [9.17, 15) is 9.59 Å². The molecule has 2 aliphatic rings. The van der Waals surface area contributed by atoms with Gasteiger partial charge in [0.2, 0.25) is 11.8 Å². The first-order chi connectivity index (χ1) is 7.50. The predicted octanol–water partition coefficient (Wildman–Crippen LogP) is 0.516. The Morgan fingerprint density at radius 1 is 1.31 bits per heavy atom. The second-order valence-corrected chi connectivity index (χ2v) is 5.50. The molecule has 0 aromatic heterocycles. The Labute approximate surface area is 96.0 Å². The van der Waals surface area contributed by atoms with Crippen LogP contribution in [0.4, 0.5) is 0 Å². The fraction of sp³-hybridized carbons (Fsp3) is 0.833. The van der Waals surface area contributed by atoms with Gasteiger partial charge in [-0.15, -0.1) is 0 Å². The van der Waals surface area contributed by atoms with E-state index in [1.54, 1.807) is 0 Å². The molecule has 0 spiro atoms. The van der Waals surface area contributed by atoms with E-state index in [0.717, 1.165) is 12.3 Å². The molecule has 0 bridgehead atoms. The number of fused-ring (bicyclic) bond motifs is 1. The van der Waals surface area contributed by atoms with Crippen LogP contribution in [0.3, 0.4) is 0 Å². The zero-order chi connectivity index (χ0) is 11.9. The molecule has 4 heteroatoms. The van der Waals surface area contributed by atoms with E-state index in [1.807, 2.05) is 0 Å². The molecule has 2 fully saturated rings. The van der Waals surface area contributed by atoms with E-state index in [2.05, 4.69) is 19.2 Å². The second kappa shape index (κ2) is 4.07. The highest BCUT2D eigenvalue weighted by Crippen LogP contribution is 2.59. The Morgan fingerprint density at radius 3 is 2.62 bits per heavy atom. The van der Waals surface area contributed by atoms with Crippen molar-refractivity contribution in [3.63, 3.8) is 0 Å². The summed E-state index contributed by atoms with van der Waals surface area (Å²) in [5.41, 5.74) is 5.00. The fourth-order valence-electron chi connectivity index (χ4n) is 3.49. The number of hydrogen-bond donors (Lipinski definition) is 2. The number of nitrogens with one attached hydrogen (secondary N) is 1. The van der Waals surface area contributed by atoms with Crippen molar-refractivity contribution >= 4 is 11.8 Å². The lowest BCUT2D eigenvalue weighted by molar-refractivity contribution is -0.126. The molecule has 0 aliphatic heterocycles. The number of hydrogen-bond acceptors (Lipinski definition) is 2. The first-order valence-electron chi connectivity index (χ1n) is 6.06. The first kappa shape index (κ1) is 11.4. The van der Waals surface area contributed by atoms with Crippen molar-refractivity contribution in [3.8, 4) is 0 Å². The van der Waals surface area contributed by atoms with Gasteiger partial charge in [0.25, 0.3) is 0 Å². The van der Waals surface area contributed by atoms with E-state index in [1.165, 1.54) is 6.42 Å². The van der Waals surface area contributed by atoms with Crippen LogP contribution >= 0.6 is 0 Å². The summed E-state index contributed by atoms with van der Waals surface area (Å²) in [7, 11) is 0. The molecule has 0 aromatic rings. The third-order valence-electron chi connectivity index (χ3n) is 4.07. The normalized spacial score (nSPS) is 41.0. The molecule has 0 heterocycles. The Kier molecular flexibility index (Phi) is 2.91. The predicted molar refractivity (Wildman–Crippen MR) is 60.2 cm³/mol. The van der Waals surface area contributed by atoms with Gasteiger partial charge in [-0.05, 0) is 36.5 Å². The highest BCUT2D eigenvalue weighted by molar-refractivity contribution is 5.87. The van der Waals surface area contributed by atoms with Gasteiger partial charge in [0.1, 0.15) is 0 Å². The van der Waals surface area contributed by atoms with E-state index < -0.39 is 5.91 Å². The SMILES string of the molecule is C[C@@H]1C[C@H]2[C@H](C(=O)NCC(N)=O)[C@H]2[C@@H](C)C1. The largest absolute Gasteiger partial charge is 0.368 e. The molecule has 0 unspecified atom stereocenters. The lowest BCUT2D eigenvalue weighted by atomic mass is 9.84. The van der Waals surface area contributed by atoms with Crippen LogP contribution in [0.5, 0.6) is 0 Å². The van der Waals surface area contributed by atoms with Crippen LogP contribution in [0, 0.1) is 29.6 Å². The van der Waals surface area contributed by atoms with E-state index in [-0.39, 0.29) is 18.4 Å². The van der Waals surface area contributed by atoms with Gasteiger partial charge in [0, 0.05) is 5.92 Å². The van der Waals surface area contributed by atoms with Crippen LogP contribution in [0.2, 0.25) is 0 Å². The summed E-state index contributed by atoms with van der Waals surface area (Å²) in [6.45, 7) is 4.46. The van der Waals surface area contributed by atoms with Gasteiger partial charge in [-0.1, -0.05) is 13.8 Å². The van der Waals surface area contributed by atoms with Crippen LogP contribution in [0.1, 0.15) is 26.7 Å². The zero-order valence-corrected chi connectivity index (χ0v) is 9.90. The Morgan fingerprint density at radius 2 is 2.00 bits per heavy atom. The maximum atomic E-state index is 11.8. The molecule has 4 nitrogen and oxygen atoms in total. The number of amides is 2. The van der Waals surface area contributed by atoms with Crippen molar-refractivity contribution in [2.45, 2.75) is 26.7 Å². The van der Waals surface area contributed by atoms with Crippen molar-refractivity contribution in [2.24, 2.45) is 35.3 Å². The van der Waals surface area contributed by atoms with Crippen LogP contribution < -0.4 is 11.1 Å². The Balaban J connectivity index is 1.88. The molecule has 16 heavy (non-hydrogen) atoms. The van der Waals surface area contributed by atoms with Gasteiger partial charge < -0.3 is 11.1 Å². The summed E-state index contributed by atoms with van der Waals surface area (Å²) in [5, 5.41) is 2.62. The molecule has 2 amide bonds. The van der Waals surface area contributed by atoms with Crippen LogP contribution in [0.25, 0.3) is 0 Å². The summed E-state index contributed by atoms with van der Waals surface area (Å²) in [4.78, 5) is 22.4. The highest BCUT2D eigenvalue weighted by Gasteiger charge is 2.58. The third kappa shape index (κ3) is 2.06. The molecule has 2 rings (SSSR count). The van der Waals surface area contributed by atoms with Crippen LogP contribution in [0.15, 0.2) is 0 Å². The Bertz CT molecular complexity index is 316. The van der Waals surface area contributed by atoms with E-state index in [4.69, 9.17) is 5.73 Å². The minimum atomic E-state index is -0.474. The van der Waals surface area contributed by atoms with Crippen molar-refractivity contribution in [2.75, 3.05) is 6.54 Å². The van der Waals surface area contributed by atoms with Crippen molar-refractivity contribution in [1.29, 1.82) is 0 Å². The summed E-state index contributed by atoms with van der Waals surface area (Å²) >= 11 is 0. The van der Waals surface area contributed by atoms with Gasteiger partial charge in [-0.2, -0.15) is 0 Å². The van der Waals surface area contributed by atoms with Gasteiger partial charge >= 0.3 is 0 Å². The smallest absolute Gasteiger partial charge is 0.236 e. The molecule has 0 aromatic carbocycles. The molecular weight excluding hydrogens is 204 g/mol. The highest BCUT2D eigenvalue weighted by atomic mass is 16.2. The van der Waals surface area contributed by atoms with E-state index in [0.29, 0.717) is 17.8 Å². The Hall–Kier alpha value is -1.06. The fourth-order valence-corrected chi connectivity index (χ4v) is 3.49. The minimum absolute atomic E-state index is 0.0229. The lowest BCUT2D eigenvalue weighted by Gasteiger charge is -2.22. The zero-order valence-electron chi connectivity index (χ0n) is 9.90. The standard InChI is InChI=1S/C12H20N2O2/c1-6-3-7(2)10-8(4-6)11(10)12(16)14-5-9(13)15/h6-8,10-11H,3-5H2,1-2H3,(H2,13,15)(H,14,16)/t6-,7-,8+,10-,11-/m0/s1. The number of carbonyl (C=O) groups is 2. The van der Waals surface area contributed by atoms with E-state index >= 15 is 0 Å². The molecular formula is C12H20N2O2. The average Bonchev–Trinajstić information content (AvgIpc) is 2.88. The first-order valence-corrected chi connectivity index (χ1v) is 6.06. The average molecular weight is 224 g/mol. The van der Waals surface area contributed by atoms with Gasteiger partial charge in [-0.25, -0.2) is 0 Å². The molecule has 0 radical (unpaired) electrons. The maximum Gasteiger partial charge on any atom is 0.236 e. The summed E-state index contributed by atoms with van der Waals surface area (Å²) in [6.07, 6.45) is 2.38. The molecule has 2 saturated carbocycles. The summed E-state index contributed by atoms with van der Waals surface area (Å²) < 4.78 is 0. The second-order valence-electron chi connectivity index (χ2n) is 5.50. The molecule has 5 atom stereocenters.